The van der Waals surface area contributed by atoms with Crippen molar-refractivity contribution in [1.29, 1.82) is 0 Å². The van der Waals surface area contributed by atoms with Gasteiger partial charge in [0.1, 0.15) is 0 Å². The summed E-state index contributed by atoms with van der Waals surface area (Å²) < 4.78 is 0. The van der Waals surface area contributed by atoms with E-state index in [0.29, 0.717) is 10.6 Å². The van der Waals surface area contributed by atoms with E-state index in [4.69, 9.17) is 22.5 Å². The first-order valence-corrected chi connectivity index (χ1v) is 7.46. The van der Waals surface area contributed by atoms with E-state index in [0.717, 1.165) is 30.5 Å². The average molecular weight is 296 g/mol. The Morgan fingerprint density at radius 2 is 2.30 bits per heavy atom. The van der Waals surface area contributed by atoms with Crippen LogP contribution in [0.3, 0.4) is 0 Å². The Morgan fingerprint density at radius 1 is 1.50 bits per heavy atom. The number of hydrogen-bond donors (Lipinski definition) is 3. The van der Waals surface area contributed by atoms with Crippen molar-refractivity contribution >= 4 is 17.4 Å². The molecule has 1 saturated carbocycles. The first-order valence-electron chi connectivity index (χ1n) is 7.09. The van der Waals surface area contributed by atoms with E-state index in [1.165, 1.54) is 19.3 Å². The number of nitrogens with one attached hydrogen (secondary N) is 1. The molecule has 1 aromatic rings. The Morgan fingerprint density at radius 3 is 2.90 bits per heavy atom. The van der Waals surface area contributed by atoms with Crippen LogP contribution < -0.4 is 11.1 Å². The summed E-state index contributed by atoms with van der Waals surface area (Å²) in [6, 6.07) is 5.46. The van der Waals surface area contributed by atoms with Crippen LogP contribution in [0, 0.1) is 11.8 Å². The minimum absolute atomic E-state index is 0.0752. The van der Waals surface area contributed by atoms with Crippen molar-refractivity contribution in [3.8, 4) is 0 Å². The molecule has 0 radical (unpaired) electrons. The van der Waals surface area contributed by atoms with Crippen molar-refractivity contribution in [2.24, 2.45) is 22.7 Å². The van der Waals surface area contributed by atoms with Gasteiger partial charge in [0.05, 0.1) is 0 Å². The summed E-state index contributed by atoms with van der Waals surface area (Å²) >= 11 is 6.22. The zero-order valence-corrected chi connectivity index (χ0v) is 12.5. The highest BCUT2D eigenvalue weighted by molar-refractivity contribution is 6.31. The number of amidine groups is 1. The molecular formula is C15H22ClN3O. The monoisotopic (exact) mass is 295 g/mol. The lowest BCUT2D eigenvalue weighted by Crippen LogP contribution is -2.24. The van der Waals surface area contributed by atoms with Gasteiger partial charge in [0, 0.05) is 17.1 Å². The van der Waals surface area contributed by atoms with Crippen molar-refractivity contribution < 1.29 is 5.21 Å². The molecule has 0 saturated heterocycles. The van der Waals surface area contributed by atoms with Gasteiger partial charge in [-0.05, 0) is 36.4 Å². The van der Waals surface area contributed by atoms with E-state index in [9.17, 15) is 0 Å². The van der Waals surface area contributed by atoms with Crippen molar-refractivity contribution in [3.05, 3.63) is 34.3 Å². The summed E-state index contributed by atoms with van der Waals surface area (Å²) in [7, 11) is 0. The third kappa shape index (κ3) is 3.64. The minimum atomic E-state index is 0.0752. The largest absolute Gasteiger partial charge is 0.409 e. The zero-order chi connectivity index (χ0) is 14.5. The summed E-state index contributed by atoms with van der Waals surface area (Å²) in [5, 5.41) is 15.7. The molecule has 4 N–H and O–H groups in total. The SMILES string of the molecule is CC1CCCC1CNCc1ccc(/C(N)=N/O)cc1Cl. The number of hydrogen-bond acceptors (Lipinski definition) is 3. The Bertz CT molecular complexity index is 490. The maximum absolute atomic E-state index is 8.64. The van der Waals surface area contributed by atoms with E-state index in [1.54, 1.807) is 6.07 Å². The third-order valence-electron chi connectivity index (χ3n) is 4.22. The van der Waals surface area contributed by atoms with E-state index in [-0.39, 0.29) is 5.84 Å². The van der Waals surface area contributed by atoms with Crippen molar-refractivity contribution in [2.75, 3.05) is 6.54 Å². The summed E-state index contributed by atoms with van der Waals surface area (Å²) in [5.74, 6) is 1.68. The van der Waals surface area contributed by atoms with E-state index >= 15 is 0 Å². The molecule has 1 aliphatic carbocycles. The molecule has 2 rings (SSSR count). The minimum Gasteiger partial charge on any atom is -0.409 e. The second-order valence-electron chi connectivity index (χ2n) is 5.59. The van der Waals surface area contributed by atoms with Gasteiger partial charge in [-0.2, -0.15) is 0 Å². The van der Waals surface area contributed by atoms with Crippen LogP contribution in [-0.2, 0) is 6.54 Å². The maximum atomic E-state index is 8.64. The fraction of sp³-hybridized carbons (Fsp3) is 0.533. The van der Waals surface area contributed by atoms with Gasteiger partial charge < -0.3 is 16.3 Å². The number of benzene rings is 1. The Hall–Kier alpha value is -1.26. The van der Waals surface area contributed by atoms with E-state index < -0.39 is 0 Å². The zero-order valence-electron chi connectivity index (χ0n) is 11.8. The Balaban J connectivity index is 1.90. The molecule has 1 aromatic carbocycles. The Kier molecular flexibility index (Phi) is 5.26. The van der Waals surface area contributed by atoms with Crippen LogP contribution in [-0.4, -0.2) is 17.6 Å². The molecule has 0 spiro atoms. The smallest absolute Gasteiger partial charge is 0.170 e. The molecule has 0 aliphatic heterocycles. The van der Waals surface area contributed by atoms with Crippen molar-refractivity contribution in [2.45, 2.75) is 32.7 Å². The molecule has 0 heterocycles. The Labute approximate surface area is 125 Å². The lowest BCUT2D eigenvalue weighted by atomic mass is 9.98. The first kappa shape index (κ1) is 15.1. The number of nitrogens with zero attached hydrogens (tertiary/aromatic N) is 1. The normalized spacial score (nSPS) is 23.2. The molecule has 1 aliphatic rings. The number of oxime groups is 1. The van der Waals surface area contributed by atoms with Crippen molar-refractivity contribution in [1.82, 2.24) is 5.32 Å². The highest BCUT2D eigenvalue weighted by atomic mass is 35.5. The fourth-order valence-electron chi connectivity index (χ4n) is 2.83. The summed E-state index contributed by atoms with van der Waals surface area (Å²) in [6.45, 7) is 4.12. The van der Waals surface area contributed by atoms with Gasteiger partial charge in [-0.3, -0.25) is 0 Å². The predicted octanol–water partition coefficient (Wildman–Crippen LogP) is 2.96. The summed E-state index contributed by atoms with van der Waals surface area (Å²) in [5.41, 5.74) is 7.20. The van der Waals surface area contributed by atoms with Crippen LogP contribution >= 0.6 is 11.6 Å². The van der Waals surface area contributed by atoms with E-state index in [2.05, 4.69) is 17.4 Å². The number of rotatable bonds is 5. The molecule has 5 heteroatoms. The van der Waals surface area contributed by atoms with Crippen LogP contribution in [0.1, 0.15) is 37.3 Å². The quantitative estimate of drug-likeness (QED) is 0.338. The third-order valence-corrected chi connectivity index (χ3v) is 4.57. The fourth-order valence-corrected chi connectivity index (χ4v) is 3.07. The van der Waals surface area contributed by atoms with Gasteiger partial charge >= 0.3 is 0 Å². The molecule has 0 aromatic heterocycles. The highest BCUT2D eigenvalue weighted by Gasteiger charge is 2.22. The van der Waals surface area contributed by atoms with Gasteiger partial charge in [0.2, 0.25) is 0 Å². The van der Waals surface area contributed by atoms with Gasteiger partial charge in [-0.1, -0.05) is 48.7 Å². The maximum Gasteiger partial charge on any atom is 0.170 e. The van der Waals surface area contributed by atoms with Gasteiger partial charge in [-0.15, -0.1) is 0 Å². The van der Waals surface area contributed by atoms with E-state index in [1.807, 2.05) is 12.1 Å². The van der Waals surface area contributed by atoms with Crippen molar-refractivity contribution in [3.63, 3.8) is 0 Å². The second-order valence-corrected chi connectivity index (χ2v) is 6.00. The van der Waals surface area contributed by atoms with Crippen LogP contribution in [0.25, 0.3) is 0 Å². The average Bonchev–Trinajstić information content (AvgIpc) is 2.85. The second kappa shape index (κ2) is 6.95. The standard InChI is InChI=1S/C15H22ClN3O/c1-10-3-2-4-12(10)8-18-9-13-6-5-11(7-14(13)16)15(17)19-20/h5-7,10,12,18,20H,2-4,8-9H2,1H3,(H2,17,19). The van der Waals surface area contributed by atoms with Gasteiger partial charge in [-0.25, -0.2) is 0 Å². The predicted molar refractivity (Wildman–Crippen MR) is 82.2 cm³/mol. The summed E-state index contributed by atoms with van der Waals surface area (Å²) in [6.07, 6.45) is 4.02. The van der Waals surface area contributed by atoms with Gasteiger partial charge in [0.15, 0.2) is 5.84 Å². The molecule has 4 nitrogen and oxygen atoms in total. The molecular weight excluding hydrogens is 274 g/mol. The number of halogens is 1. The topological polar surface area (TPSA) is 70.6 Å². The lowest BCUT2D eigenvalue weighted by molar-refractivity contribution is 0.318. The van der Waals surface area contributed by atoms with Crippen LogP contribution in [0.15, 0.2) is 23.4 Å². The van der Waals surface area contributed by atoms with Crippen LogP contribution in [0.5, 0.6) is 0 Å². The molecule has 20 heavy (non-hydrogen) atoms. The molecule has 110 valence electrons. The van der Waals surface area contributed by atoms with Crippen LogP contribution in [0.2, 0.25) is 5.02 Å². The van der Waals surface area contributed by atoms with Gasteiger partial charge in [0.25, 0.3) is 0 Å². The van der Waals surface area contributed by atoms with Crippen LogP contribution in [0.4, 0.5) is 0 Å². The highest BCUT2D eigenvalue weighted by Crippen LogP contribution is 2.30. The molecule has 2 unspecified atom stereocenters. The summed E-state index contributed by atoms with van der Waals surface area (Å²) in [4.78, 5) is 0. The number of nitrogens with two attached hydrogens (primary N) is 1. The molecule has 1 fully saturated rings. The molecule has 0 bridgehead atoms. The molecule has 2 atom stereocenters. The first-order chi connectivity index (χ1) is 9.61. The lowest BCUT2D eigenvalue weighted by Gasteiger charge is -2.16. The molecule has 0 amide bonds.